The van der Waals surface area contributed by atoms with Crippen LogP contribution in [0.5, 0.6) is 0 Å². The van der Waals surface area contributed by atoms with E-state index in [1.807, 2.05) is 6.92 Å². The predicted octanol–water partition coefficient (Wildman–Crippen LogP) is 2.98. The molecule has 0 aliphatic carbocycles. The van der Waals surface area contributed by atoms with Gasteiger partial charge < -0.3 is 4.42 Å². The molecule has 0 bridgehead atoms. The minimum Gasteiger partial charge on any atom is -0.436 e. The molecule has 0 fully saturated rings. The zero-order valence-electron chi connectivity index (χ0n) is 8.87. The van der Waals surface area contributed by atoms with Gasteiger partial charge in [-0.25, -0.2) is 4.98 Å². The first-order valence-corrected chi connectivity index (χ1v) is 5.34. The van der Waals surface area contributed by atoms with Gasteiger partial charge in [0.15, 0.2) is 0 Å². The highest BCUT2D eigenvalue weighted by atomic mass is 32.2. The highest BCUT2D eigenvalue weighted by molar-refractivity contribution is 7.99. The van der Waals surface area contributed by atoms with E-state index >= 15 is 0 Å². The Labute approximate surface area is 88.5 Å². The Morgan fingerprint density at radius 2 is 2.21 bits per heavy atom. The number of hydrogen-bond donors (Lipinski definition) is 0. The minimum atomic E-state index is -0.124. The summed E-state index contributed by atoms with van der Waals surface area (Å²) in [6, 6.07) is 2.12. The first-order chi connectivity index (χ1) is 6.43. The number of nitrogens with zero attached hydrogens (tertiary/aromatic N) is 2. The van der Waals surface area contributed by atoms with Crippen LogP contribution in [0, 0.1) is 11.3 Å². The molecule has 1 heterocycles. The fraction of sp³-hybridized carbons (Fsp3) is 0.600. The van der Waals surface area contributed by atoms with Crippen LogP contribution in [0.1, 0.15) is 33.5 Å². The summed E-state index contributed by atoms with van der Waals surface area (Å²) in [5.41, 5.74) is -0.0261. The quantitative estimate of drug-likeness (QED) is 0.704. The monoisotopic (exact) mass is 210 g/mol. The summed E-state index contributed by atoms with van der Waals surface area (Å²) in [5.74, 6) is 0.852. The molecule has 0 unspecified atom stereocenters. The number of nitriles is 1. The van der Waals surface area contributed by atoms with Crippen LogP contribution in [0.4, 0.5) is 0 Å². The van der Waals surface area contributed by atoms with Gasteiger partial charge in [0.25, 0.3) is 5.22 Å². The molecule has 0 aromatic carbocycles. The average molecular weight is 210 g/mol. The molecule has 0 radical (unpaired) electrons. The summed E-state index contributed by atoms with van der Waals surface area (Å²) in [6.07, 6.45) is 1.73. The van der Waals surface area contributed by atoms with Gasteiger partial charge in [0.05, 0.1) is 17.5 Å². The van der Waals surface area contributed by atoms with Crippen molar-refractivity contribution in [3.63, 3.8) is 0 Å². The number of oxazole rings is 1. The lowest BCUT2D eigenvalue weighted by Crippen LogP contribution is -2.09. The SMILES string of the molecule is C[C@@H](C#N)Sc1ncc(C(C)(C)C)o1. The highest BCUT2D eigenvalue weighted by Crippen LogP contribution is 2.28. The molecular weight excluding hydrogens is 196 g/mol. The topological polar surface area (TPSA) is 49.8 Å². The van der Waals surface area contributed by atoms with Gasteiger partial charge in [-0.3, -0.25) is 0 Å². The van der Waals surface area contributed by atoms with Gasteiger partial charge in [0.1, 0.15) is 5.76 Å². The summed E-state index contributed by atoms with van der Waals surface area (Å²) >= 11 is 1.34. The maximum Gasteiger partial charge on any atom is 0.257 e. The fourth-order valence-corrected chi connectivity index (χ4v) is 1.44. The van der Waals surface area contributed by atoms with Crippen molar-refractivity contribution in [2.75, 3.05) is 0 Å². The van der Waals surface area contributed by atoms with Gasteiger partial charge in [0.2, 0.25) is 0 Å². The van der Waals surface area contributed by atoms with Crippen LogP contribution in [-0.2, 0) is 5.41 Å². The van der Waals surface area contributed by atoms with Gasteiger partial charge in [-0.15, -0.1) is 0 Å². The zero-order valence-corrected chi connectivity index (χ0v) is 9.68. The Morgan fingerprint density at radius 1 is 1.57 bits per heavy atom. The maximum atomic E-state index is 8.62. The summed E-state index contributed by atoms with van der Waals surface area (Å²) in [4.78, 5) is 4.12. The Kier molecular flexibility index (Phi) is 3.22. The third-order valence-electron chi connectivity index (χ3n) is 1.68. The number of thioether (sulfide) groups is 1. The zero-order chi connectivity index (χ0) is 10.8. The molecule has 1 rings (SSSR count). The first-order valence-electron chi connectivity index (χ1n) is 4.46. The third-order valence-corrected chi connectivity index (χ3v) is 2.53. The molecule has 1 aromatic rings. The van der Waals surface area contributed by atoms with Crippen LogP contribution in [0.25, 0.3) is 0 Å². The van der Waals surface area contributed by atoms with Gasteiger partial charge >= 0.3 is 0 Å². The van der Waals surface area contributed by atoms with Gasteiger partial charge in [-0.1, -0.05) is 20.8 Å². The Hall–Kier alpha value is -0.950. The van der Waals surface area contributed by atoms with Gasteiger partial charge in [0, 0.05) is 5.41 Å². The molecule has 76 valence electrons. The van der Waals surface area contributed by atoms with E-state index in [-0.39, 0.29) is 10.7 Å². The minimum absolute atomic E-state index is 0.0261. The third kappa shape index (κ3) is 2.78. The predicted molar refractivity (Wildman–Crippen MR) is 56.1 cm³/mol. The lowest BCUT2D eigenvalue weighted by molar-refractivity contribution is 0.355. The molecule has 1 aromatic heterocycles. The number of rotatable bonds is 2. The summed E-state index contributed by atoms with van der Waals surface area (Å²) < 4.78 is 5.52. The van der Waals surface area contributed by atoms with Crippen molar-refractivity contribution in [1.29, 1.82) is 5.26 Å². The van der Waals surface area contributed by atoms with E-state index in [0.717, 1.165) is 5.76 Å². The van der Waals surface area contributed by atoms with Crippen molar-refractivity contribution in [2.24, 2.45) is 0 Å². The van der Waals surface area contributed by atoms with E-state index in [1.165, 1.54) is 11.8 Å². The van der Waals surface area contributed by atoms with Gasteiger partial charge in [-0.05, 0) is 18.7 Å². The Bertz CT molecular complexity index is 346. The molecule has 1 atom stereocenters. The average Bonchev–Trinajstić information content (AvgIpc) is 2.51. The van der Waals surface area contributed by atoms with E-state index in [2.05, 4.69) is 31.8 Å². The molecular formula is C10H14N2OS. The second-order valence-corrected chi connectivity index (χ2v) is 5.42. The second kappa shape index (κ2) is 4.05. The van der Waals surface area contributed by atoms with Gasteiger partial charge in [-0.2, -0.15) is 5.26 Å². The number of hydrogen-bond acceptors (Lipinski definition) is 4. The lowest BCUT2D eigenvalue weighted by Gasteiger charge is -2.12. The van der Waals surface area contributed by atoms with E-state index < -0.39 is 0 Å². The van der Waals surface area contributed by atoms with Crippen molar-refractivity contribution in [2.45, 2.75) is 43.6 Å². The Morgan fingerprint density at radius 3 is 2.64 bits per heavy atom. The lowest BCUT2D eigenvalue weighted by atomic mass is 9.94. The molecule has 0 aliphatic heterocycles. The molecule has 3 nitrogen and oxygen atoms in total. The van der Waals surface area contributed by atoms with Crippen LogP contribution >= 0.6 is 11.8 Å². The molecule has 0 aliphatic rings. The van der Waals surface area contributed by atoms with Crippen LogP contribution in [0.2, 0.25) is 0 Å². The second-order valence-electron chi connectivity index (χ2n) is 4.13. The molecule has 4 heteroatoms. The van der Waals surface area contributed by atoms with Crippen LogP contribution < -0.4 is 0 Å². The van der Waals surface area contributed by atoms with Crippen LogP contribution in [-0.4, -0.2) is 10.2 Å². The summed E-state index contributed by atoms with van der Waals surface area (Å²) in [7, 11) is 0. The molecule has 0 saturated heterocycles. The van der Waals surface area contributed by atoms with Crippen molar-refractivity contribution < 1.29 is 4.42 Å². The van der Waals surface area contributed by atoms with E-state index in [0.29, 0.717) is 5.22 Å². The van der Waals surface area contributed by atoms with Crippen molar-refractivity contribution >= 4 is 11.8 Å². The molecule has 14 heavy (non-hydrogen) atoms. The Balaban J connectivity index is 2.75. The fourth-order valence-electron chi connectivity index (χ4n) is 0.837. The maximum absolute atomic E-state index is 8.62. The molecule has 0 saturated carbocycles. The normalized spacial score (nSPS) is 13.6. The van der Waals surface area contributed by atoms with E-state index in [4.69, 9.17) is 9.68 Å². The first kappa shape index (κ1) is 11.1. The summed E-state index contributed by atoms with van der Waals surface area (Å²) in [6.45, 7) is 8.02. The van der Waals surface area contributed by atoms with E-state index in [1.54, 1.807) is 6.20 Å². The number of aromatic nitrogens is 1. The van der Waals surface area contributed by atoms with E-state index in [9.17, 15) is 0 Å². The molecule has 0 amide bonds. The largest absolute Gasteiger partial charge is 0.436 e. The molecule has 0 N–H and O–H groups in total. The van der Waals surface area contributed by atoms with Crippen LogP contribution in [0.15, 0.2) is 15.8 Å². The van der Waals surface area contributed by atoms with Crippen LogP contribution in [0.3, 0.4) is 0 Å². The highest BCUT2D eigenvalue weighted by Gasteiger charge is 2.19. The van der Waals surface area contributed by atoms with Crippen molar-refractivity contribution in [1.82, 2.24) is 4.98 Å². The van der Waals surface area contributed by atoms with Crippen molar-refractivity contribution in [3.05, 3.63) is 12.0 Å². The summed E-state index contributed by atoms with van der Waals surface area (Å²) in [5, 5.41) is 9.07. The standard InChI is InChI=1S/C10H14N2OS/c1-7(5-11)14-9-12-6-8(13-9)10(2,3)4/h6-7H,1-4H3/t7-/m0/s1. The van der Waals surface area contributed by atoms with Crippen molar-refractivity contribution in [3.8, 4) is 6.07 Å². The smallest absolute Gasteiger partial charge is 0.257 e. The molecule has 0 spiro atoms.